The number of hydrogen-bond acceptors (Lipinski definition) is 6. The third-order valence-corrected chi connectivity index (χ3v) is 6.20. The van der Waals surface area contributed by atoms with Gasteiger partial charge in [0.2, 0.25) is 0 Å². The van der Waals surface area contributed by atoms with Gasteiger partial charge >= 0.3 is 0 Å². The third-order valence-electron chi connectivity index (χ3n) is 5.78. The van der Waals surface area contributed by atoms with Gasteiger partial charge < -0.3 is 14.4 Å². The van der Waals surface area contributed by atoms with Crippen LogP contribution in [0, 0.1) is 0 Å². The largest absolute Gasteiger partial charge is 0.496 e. The molecule has 0 aliphatic rings. The van der Waals surface area contributed by atoms with E-state index in [0.29, 0.717) is 21.2 Å². The van der Waals surface area contributed by atoms with Crippen LogP contribution >= 0.6 is 8.81 Å². The Hall–Kier alpha value is -3.64. The van der Waals surface area contributed by atoms with Gasteiger partial charge in [-0.2, -0.15) is 5.10 Å². The van der Waals surface area contributed by atoms with E-state index < -0.39 is 6.10 Å². The van der Waals surface area contributed by atoms with Crippen molar-refractivity contribution in [3.05, 3.63) is 96.4 Å². The van der Waals surface area contributed by atoms with Crippen molar-refractivity contribution in [2.24, 2.45) is 0 Å². The molecule has 5 rings (SSSR count). The molecule has 2 atom stereocenters. The van der Waals surface area contributed by atoms with Gasteiger partial charge in [0.05, 0.1) is 12.8 Å². The van der Waals surface area contributed by atoms with Gasteiger partial charge in [0.25, 0.3) is 0 Å². The zero-order valence-electron chi connectivity index (χ0n) is 19.4. The molecule has 0 saturated carbocycles. The second-order valence-electron chi connectivity index (χ2n) is 7.90. The van der Waals surface area contributed by atoms with Crippen LogP contribution in [-0.2, 0) is 11.3 Å². The van der Waals surface area contributed by atoms with Crippen molar-refractivity contribution in [1.29, 1.82) is 0 Å². The van der Waals surface area contributed by atoms with Crippen LogP contribution in [0.3, 0.4) is 0 Å². The summed E-state index contributed by atoms with van der Waals surface area (Å²) in [6.07, 6.45) is 2.69. The lowest BCUT2D eigenvalue weighted by molar-refractivity contribution is 0.215. The molecule has 0 fully saturated rings. The molecule has 8 heteroatoms. The summed E-state index contributed by atoms with van der Waals surface area (Å²) in [6.45, 7) is 2.30. The van der Waals surface area contributed by atoms with Gasteiger partial charge in [-0.3, -0.25) is 4.98 Å². The summed E-state index contributed by atoms with van der Waals surface area (Å²) < 4.78 is 13.0. The van der Waals surface area contributed by atoms with E-state index in [4.69, 9.17) is 19.3 Å². The second-order valence-corrected chi connectivity index (χ2v) is 8.60. The van der Waals surface area contributed by atoms with Crippen LogP contribution < -0.4 is 4.74 Å². The van der Waals surface area contributed by atoms with E-state index in [-0.39, 0.29) is 0 Å². The summed E-state index contributed by atoms with van der Waals surface area (Å²) >= 11 is 0. The smallest absolute Gasteiger partial charge is 0.160 e. The Morgan fingerprint density at radius 3 is 2.63 bits per heavy atom. The number of aliphatic hydroxyl groups is 1. The lowest BCUT2D eigenvalue weighted by atomic mass is 9.99. The van der Waals surface area contributed by atoms with Crippen LogP contribution in [0.5, 0.6) is 5.75 Å². The predicted octanol–water partition coefficient (Wildman–Crippen LogP) is 5.45. The number of nitrogens with zero attached hydrogens (tertiary/aromatic N) is 4. The molecular weight excluding hydrogens is 459 g/mol. The monoisotopic (exact) mass is 484 g/mol. The minimum absolute atomic E-state index is 0.318. The van der Waals surface area contributed by atoms with Gasteiger partial charge in [0.1, 0.15) is 24.3 Å². The SMILES string of the molecule is COc1ccccc1-c1nn(COPC)c2ncc(-c3cccc(C(O)c4ccccn4)c3)cc12. The van der Waals surface area contributed by atoms with E-state index in [1.165, 1.54) is 0 Å². The summed E-state index contributed by atoms with van der Waals surface area (Å²) in [7, 11) is 2.00. The van der Waals surface area contributed by atoms with Crippen LogP contribution in [0.4, 0.5) is 0 Å². The maximum Gasteiger partial charge on any atom is 0.160 e. The molecule has 1 N–H and O–H groups in total. The normalized spacial score (nSPS) is 12.4. The number of methoxy groups -OCH3 is 1. The highest BCUT2D eigenvalue weighted by atomic mass is 31.1. The first-order chi connectivity index (χ1) is 17.2. The summed E-state index contributed by atoms with van der Waals surface area (Å²) in [5.41, 5.74) is 5.63. The standard InChI is InChI=1S/C27H25N4O3P/c1-33-24-12-4-3-10-21(24)25-22-15-20(16-29-27(22)31(30-25)17-34-35-2)18-8-7-9-19(14-18)26(32)23-11-5-6-13-28-23/h3-16,26,32,35H,17H2,1-2H3. The molecule has 0 radical (unpaired) electrons. The Balaban J connectivity index is 1.61. The van der Waals surface area contributed by atoms with Crippen molar-refractivity contribution in [3.8, 4) is 28.1 Å². The molecule has 0 amide bonds. The van der Waals surface area contributed by atoms with E-state index in [1.54, 1.807) is 18.0 Å². The lowest BCUT2D eigenvalue weighted by Gasteiger charge is -2.12. The Kier molecular flexibility index (Phi) is 6.82. The molecule has 0 bridgehead atoms. The summed E-state index contributed by atoms with van der Waals surface area (Å²) in [6, 6.07) is 23.2. The van der Waals surface area contributed by atoms with Crippen LogP contribution in [0.2, 0.25) is 0 Å². The molecule has 5 aromatic rings. The topological polar surface area (TPSA) is 82.3 Å². The molecule has 7 nitrogen and oxygen atoms in total. The molecule has 0 saturated heterocycles. The van der Waals surface area contributed by atoms with E-state index in [0.717, 1.165) is 44.7 Å². The highest BCUT2D eigenvalue weighted by Crippen LogP contribution is 2.36. The maximum absolute atomic E-state index is 10.9. The zero-order chi connectivity index (χ0) is 24.2. The minimum atomic E-state index is -0.813. The third kappa shape index (κ3) is 4.66. The first-order valence-corrected chi connectivity index (χ1v) is 12.6. The number of aliphatic hydroxyl groups excluding tert-OH is 1. The average Bonchev–Trinajstić information content (AvgIpc) is 3.29. The van der Waals surface area contributed by atoms with Gasteiger partial charge in [-0.25, -0.2) is 9.67 Å². The number of pyridine rings is 2. The number of ether oxygens (including phenoxy) is 1. The lowest BCUT2D eigenvalue weighted by Crippen LogP contribution is -2.02. The predicted molar refractivity (Wildman–Crippen MR) is 139 cm³/mol. The molecule has 2 aromatic carbocycles. The molecule has 0 aliphatic carbocycles. The molecule has 176 valence electrons. The van der Waals surface area contributed by atoms with Crippen molar-refractivity contribution in [3.63, 3.8) is 0 Å². The highest BCUT2D eigenvalue weighted by molar-refractivity contribution is 7.31. The fraction of sp³-hybridized carbons (Fsp3) is 0.148. The zero-order valence-corrected chi connectivity index (χ0v) is 20.4. The van der Waals surface area contributed by atoms with E-state index >= 15 is 0 Å². The number of benzene rings is 2. The number of rotatable bonds is 8. The Morgan fingerprint density at radius 2 is 1.83 bits per heavy atom. The number of para-hydroxylation sites is 1. The molecule has 35 heavy (non-hydrogen) atoms. The van der Waals surface area contributed by atoms with Gasteiger partial charge in [0.15, 0.2) is 5.65 Å². The summed E-state index contributed by atoms with van der Waals surface area (Å²) in [5.74, 6) is 0.739. The van der Waals surface area contributed by atoms with Crippen molar-refractivity contribution in [2.45, 2.75) is 12.8 Å². The van der Waals surface area contributed by atoms with Crippen LogP contribution in [0.1, 0.15) is 17.4 Å². The summed E-state index contributed by atoms with van der Waals surface area (Å²) in [5, 5.41) is 16.6. The van der Waals surface area contributed by atoms with E-state index in [1.807, 2.05) is 79.6 Å². The van der Waals surface area contributed by atoms with Gasteiger partial charge in [-0.05, 0) is 54.2 Å². The van der Waals surface area contributed by atoms with Crippen molar-refractivity contribution < 1.29 is 14.4 Å². The van der Waals surface area contributed by atoms with E-state index in [9.17, 15) is 5.11 Å². The Bertz CT molecular complexity index is 1460. The highest BCUT2D eigenvalue weighted by Gasteiger charge is 2.18. The van der Waals surface area contributed by atoms with Crippen LogP contribution in [0.15, 0.2) is 85.2 Å². The summed E-state index contributed by atoms with van der Waals surface area (Å²) in [4.78, 5) is 9.04. The molecule has 0 aliphatic heterocycles. The first-order valence-electron chi connectivity index (χ1n) is 11.2. The number of hydrogen-bond donors (Lipinski definition) is 1. The van der Waals surface area contributed by atoms with Crippen molar-refractivity contribution in [1.82, 2.24) is 19.7 Å². The van der Waals surface area contributed by atoms with Crippen molar-refractivity contribution >= 4 is 19.8 Å². The molecule has 2 unspecified atom stereocenters. The molecule has 3 heterocycles. The average molecular weight is 484 g/mol. The van der Waals surface area contributed by atoms with E-state index in [2.05, 4.69) is 11.1 Å². The fourth-order valence-corrected chi connectivity index (χ4v) is 4.32. The number of aromatic nitrogens is 4. The second kappa shape index (κ2) is 10.3. The minimum Gasteiger partial charge on any atom is -0.496 e. The van der Waals surface area contributed by atoms with Crippen molar-refractivity contribution in [2.75, 3.05) is 13.8 Å². The van der Waals surface area contributed by atoms with Gasteiger partial charge in [0, 0.05) is 37.7 Å². The fourth-order valence-electron chi connectivity index (χ4n) is 4.07. The number of fused-ring (bicyclic) bond motifs is 1. The van der Waals surface area contributed by atoms with Gasteiger partial charge in [-0.1, -0.05) is 36.4 Å². The van der Waals surface area contributed by atoms with Crippen LogP contribution in [0.25, 0.3) is 33.4 Å². The molecule has 3 aromatic heterocycles. The maximum atomic E-state index is 10.9. The van der Waals surface area contributed by atoms with Gasteiger partial charge in [-0.15, -0.1) is 0 Å². The first kappa shape index (κ1) is 23.1. The Labute approximate surface area is 205 Å². The quantitative estimate of drug-likeness (QED) is 0.295. The Morgan fingerprint density at radius 1 is 0.971 bits per heavy atom. The molecular formula is C27H25N4O3P. The molecule has 0 spiro atoms. The van der Waals surface area contributed by atoms with Crippen LogP contribution in [-0.4, -0.2) is 38.6 Å².